The van der Waals surface area contributed by atoms with E-state index in [0.29, 0.717) is 10.7 Å². The van der Waals surface area contributed by atoms with Gasteiger partial charge in [-0.05, 0) is 24.3 Å². The molecule has 0 radical (unpaired) electrons. The highest BCUT2D eigenvalue weighted by molar-refractivity contribution is 7.87. The number of quaternary nitrogens is 1. The molecule has 1 unspecified atom stereocenters. The number of halogens is 1. The molecule has 0 spiro atoms. The first-order chi connectivity index (χ1) is 11.9. The largest absolute Gasteiger partial charge is 0.382 e. The number of amides is 1. The van der Waals surface area contributed by atoms with Gasteiger partial charge in [0.1, 0.15) is 11.5 Å². The number of carbonyl (C=O) groups is 1. The lowest BCUT2D eigenvalue weighted by Gasteiger charge is -2.14. The maximum Gasteiger partial charge on any atom is 0.314 e. The van der Waals surface area contributed by atoms with E-state index in [2.05, 4.69) is 5.32 Å². The van der Waals surface area contributed by atoms with Gasteiger partial charge in [0.2, 0.25) is 0 Å². The summed E-state index contributed by atoms with van der Waals surface area (Å²) in [6.45, 7) is 0.358. The second-order valence-corrected chi connectivity index (χ2v) is 7.67. The predicted molar refractivity (Wildman–Crippen MR) is 97.6 cm³/mol. The monoisotopic (exact) mass is 383 g/mol. The van der Waals surface area contributed by atoms with Crippen molar-refractivity contribution in [1.29, 1.82) is 0 Å². The summed E-state index contributed by atoms with van der Waals surface area (Å²) >= 11 is 5.99. The zero-order valence-electron chi connectivity index (χ0n) is 13.7. The highest BCUT2D eigenvalue weighted by atomic mass is 35.5. The van der Waals surface area contributed by atoms with Crippen molar-refractivity contribution < 1.29 is 22.3 Å². The molecule has 2 rings (SSSR count). The molecule has 8 heteroatoms. The van der Waals surface area contributed by atoms with Crippen molar-refractivity contribution in [2.75, 3.05) is 31.2 Å². The summed E-state index contributed by atoms with van der Waals surface area (Å²) in [6.07, 6.45) is 0. The molecule has 0 aliphatic rings. The molecular formula is C17H20ClN2O4S+. The molecule has 2 aromatic rings. The quantitative estimate of drug-likeness (QED) is 0.671. The van der Waals surface area contributed by atoms with Crippen molar-refractivity contribution in [2.24, 2.45) is 0 Å². The highest BCUT2D eigenvalue weighted by Crippen LogP contribution is 2.19. The van der Waals surface area contributed by atoms with Crippen LogP contribution >= 0.6 is 11.6 Å². The van der Waals surface area contributed by atoms with Crippen LogP contribution in [-0.4, -0.2) is 40.2 Å². The summed E-state index contributed by atoms with van der Waals surface area (Å²) < 4.78 is 29.0. The van der Waals surface area contributed by atoms with E-state index < -0.39 is 10.1 Å². The Balaban J connectivity index is 1.80. The maximum absolute atomic E-state index is 12.0. The van der Waals surface area contributed by atoms with E-state index in [1.807, 2.05) is 0 Å². The first kappa shape index (κ1) is 19.2. The van der Waals surface area contributed by atoms with Crippen molar-refractivity contribution in [2.45, 2.75) is 0 Å². The van der Waals surface area contributed by atoms with Gasteiger partial charge in [-0.1, -0.05) is 41.9 Å². The number of likely N-dealkylation sites (N-methyl/N-ethyl adjacent to an activating group) is 1. The van der Waals surface area contributed by atoms with Crippen LogP contribution in [0.4, 0.5) is 5.69 Å². The molecule has 0 aliphatic carbocycles. The number of para-hydroxylation sites is 2. The summed E-state index contributed by atoms with van der Waals surface area (Å²) in [5.41, 5.74) is 0.530. The van der Waals surface area contributed by atoms with Gasteiger partial charge in [0.25, 0.3) is 5.91 Å². The van der Waals surface area contributed by atoms with Gasteiger partial charge >= 0.3 is 10.1 Å². The Hall–Kier alpha value is -2.09. The molecule has 0 bridgehead atoms. The molecule has 1 atom stereocenters. The third-order valence-electron chi connectivity index (χ3n) is 3.36. The molecular weight excluding hydrogens is 364 g/mol. The van der Waals surface area contributed by atoms with Crippen LogP contribution < -0.4 is 14.4 Å². The average molecular weight is 384 g/mol. The number of hydrogen-bond acceptors (Lipinski definition) is 4. The average Bonchev–Trinajstić information content (AvgIpc) is 2.56. The zero-order valence-corrected chi connectivity index (χ0v) is 15.3. The van der Waals surface area contributed by atoms with E-state index in [9.17, 15) is 13.2 Å². The molecule has 0 aromatic heterocycles. The Morgan fingerprint density at radius 2 is 1.76 bits per heavy atom. The van der Waals surface area contributed by atoms with Gasteiger partial charge in [-0.2, -0.15) is 8.42 Å². The Kier molecular flexibility index (Phi) is 6.81. The van der Waals surface area contributed by atoms with Gasteiger partial charge in [0.15, 0.2) is 6.54 Å². The van der Waals surface area contributed by atoms with E-state index in [1.54, 1.807) is 61.6 Å². The van der Waals surface area contributed by atoms with Crippen LogP contribution in [0.2, 0.25) is 5.02 Å². The molecule has 2 N–H and O–H groups in total. The number of rotatable bonds is 8. The minimum Gasteiger partial charge on any atom is -0.382 e. The molecule has 0 saturated carbocycles. The van der Waals surface area contributed by atoms with E-state index in [1.165, 1.54) is 0 Å². The SMILES string of the molecule is C[NH+](CCS(=O)(=O)Oc1ccccc1)CC(=O)Nc1ccccc1Cl. The van der Waals surface area contributed by atoms with Gasteiger partial charge in [-0.25, -0.2) is 0 Å². The van der Waals surface area contributed by atoms with Gasteiger partial charge in [-0.3, -0.25) is 4.79 Å². The summed E-state index contributed by atoms with van der Waals surface area (Å²) in [6, 6.07) is 15.2. The second-order valence-electron chi connectivity index (χ2n) is 5.57. The maximum atomic E-state index is 12.0. The summed E-state index contributed by atoms with van der Waals surface area (Å²) in [5, 5.41) is 3.16. The fourth-order valence-electron chi connectivity index (χ4n) is 2.08. The van der Waals surface area contributed by atoms with Crippen molar-refractivity contribution in [3.63, 3.8) is 0 Å². The second kappa shape index (κ2) is 8.84. The van der Waals surface area contributed by atoms with Gasteiger partial charge in [0, 0.05) is 0 Å². The summed E-state index contributed by atoms with van der Waals surface area (Å²) in [4.78, 5) is 12.8. The number of nitrogens with one attached hydrogen (secondary N) is 2. The summed E-state index contributed by atoms with van der Waals surface area (Å²) in [7, 11) is -1.96. The van der Waals surface area contributed by atoms with Crippen LogP contribution in [0.25, 0.3) is 0 Å². The van der Waals surface area contributed by atoms with Gasteiger partial charge in [0.05, 0.1) is 24.3 Å². The molecule has 0 saturated heterocycles. The molecule has 2 aromatic carbocycles. The lowest BCUT2D eigenvalue weighted by molar-refractivity contribution is -0.868. The minimum atomic E-state index is -3.70. The normalized spacial score (nSPS) is 12.4. The fourth-order valence-corrected chi connectivity index (χ4v) is 3.35. The van der Waals surface area contributed by atoms with E-state index in [-0.39, 0.29) is 30.5 Å². The molecule has 1 amide bonds. The fraction of sp³-hybridized carbons (Fsp3) is 0.235. The lowest BCUT2D eigenvalue weighted by atomic mass is 10.3. The Morgan fingerprint density at radius 3 is 2.44 bits per heavy atom. The van der Waals surface area contributed by atoms with Crippen molar-refractivity contribution in [1.82, 2.24) is 0 Å². The molecule has 134 valence electrons. The lowest BCUT2D eigenvalue weighted by Crippen LogP contribution is -3.10. The molecule has 6 nitrogen and oxygen atoms in total. The first-order valence-electron chi connectivity index (χ1n) is 7.68. The number of carbonyl (C=O) groups excluding carboxylic acids is 1. The summed E-state index contributed by atoms with van der Waals surface area (Å²) in [5.74, 6) is -0.156. The van der Waals surface area contributed by atoms with Crippen LogP contribution in [0.1, 0.15) is 0 Å². The van der Waals surface area contributed by atoms with Crippen molar-refractivity contribution >= 4 is 33.3 Å². The van der Waals surface area contributed by atoms with Crippen LogP contribution in [0.15, 0.2) is 54.6 Å². The first-order valence-corrected chi connectivity index (χ1v) is 9.64. The number of anilines is 1. The third kappa shape index (κ3) is 6.74. The molecule has 0 fully saturated rings. The topological polar surface area (TPSA) is 76.9 Å². The van der Waals surface area contributed by atoms with E-state index >= 15 is 0 Å². The molecule has 0 heterocycles. The van der Waals surface area contributed by atoms with Gasteiger partial charge in [-0.15, -0.1) is 0 Å². The van der Waals surface area contributed by atoms with Crippen molar-refractivity contribution in [3.05, 3.63) is 59.6 Å². The Morgan fingerprint density at radius 1 is 1.12 bits per heavy atom. The predicted octanol–water partition coefficient (Wildman–Crippen LogP) is 1.20. The standard InChI is InChI=1S/C17H19ClN2O4S/c1-20(13-17(21)19-16-10-6-5-9-15(16)18)11-12-25(22,23)24-14-7-3-2-4-8-14/h2-10H,11-13H2,1H3,(H,19,21)/p+1. The Bertz CT molecular complexity index is 812. The number of hydrogen-bond donors (Lipinski definition) is 2. The highest BCUT2D eigenvalue weighted by Gasteiger charge is 2.18. The van der Waals surface area contributed by atoms with Gasteiger partial charge < -0.3 is 14.4 Å². The smallest absolute Gasteiger partial charge is 0.314 e. The van der Waals surface area contributed by atoms with Crippen LogP contribution in [0, 0.1) is 0 Å². The van der Waals surface area contributed by atoms with Crippen LogP contribution in [0.5, 0.6) is 5.75 Å². The van der Waals surface area contributed by atoms with Crippen LogP contribution in [0.3, 0.4) is 0 Å². The minimum absolute atomic E-state index is 0.117. The van der Waals surface area contributed by atoms with Crippen LogP contribution in [-0.2, 0) is 14.9 Å². The molecule has 25 heavy (non-hydrogen) atoms. The van der Waals surface area contributed by atoms with E-state index in [0.717, 1.165) is 4.90 Å². The van der Waals surface area contributed by atoms with Crippen molar-refractivity contribution in [3.8, 4) is 5.75 Å². The van der Waals surface area contributed by atoms with E-state index in [4.69, 9.17) is 15.8 Å². The number of benzene rings is 2. The zero-order chi connectivity index (χ0) is 18.3. The Labute approximate surface area is 152 Å². The molecule has 0 aliphatic heterocycles. The third-order valence-corrected chi connectivity index (χ3v) is 4.84.